The van der Waals surface area contributed by atoms with Crippen molar-refractivity contribution in [2.75, 3.05) is 6.61 Å². The number of hydrogen-bond donors (Lipinski definition) is 0. The molecule has 0 aliphatic heterocycles. The van der Waals surface area contributed by atoms with Crippen LogP contribution in [0.1, 0.15) is 55.1 Å². The molecular formula is C29H34N2O2. The first-order chi connectivity index (χ1) is 16.0. The van der Waals surface area contributed by atoms with E-state index in [0.717, 1.165) is 47.7 Å². The van der Waals surface area contributed by atoms with E-state index in [1.54, 1.807) is 0 Å². The van der Waals surface area contributed by atoms with Crippen molar-refractivity contribution in [3.05, 3.63) is 89.2 Å². The van der Waals surface area contributed by atoms with Crippen molar-refractivity contribution in [3.63, 3.8) is 0 Å². The normalized spacial score (nSPS) is 11.3. The van der Waals surface area contributed by atoms with Crippen LogP contribution in [0.5, 0.6) is 11.5 Å². The molecule has 0 unspecified atom stereocenters. The van der Waals surface area contributed by atoms with Gasteiger partial charge < -0.3 is 14.0 Å². The summed E-state index contributed by atoms with van der Waals surface area (Å²) in [6, 6.07) is 23.0. The van der Waals surface area contributed by atoms with E-state index in [2.05, 4.69) is 80.8 Å². The molecule has 3 aromatic carbocycles. The molecule has 1 heterocycles. The van der Waals surface area contributed by atoms with E-state index in [4.69, 9.17) is 14.5 Å². The lowest BCUT2D eigenvalue weighted by molar-refractivity contribution is 0.284. The van der Waals surface area contributed by atoms with Crippen LogP contribution in [0.25, 0.3) is 11.0 Å². The molecule has 0 saturated carbocycles. The second kappa shape index (κ2) is 10.6. The van der Waals surface area contributed by atoms with Gasteiger partial charge in [-0.05, 0) is 79.6 Å². The van der Waals surface area contributed by atoms with E-state index in [1.807, 2.05) is 18.2 Å². The molecule has 0 radical (unpaired) electrons. The maximum absolute atomic E-state index is 6.10. The number of nitrogens with zero attached hydrogens (tertiary/aromatic N) is 2. The van der Waals surface area contributed by atoms with Gasteiger partial charge in [-0.25, -0.2) is 4.98 Å². The maximum atomic E-state index is 6.10. The fourth-order valence-electron chi connectivity index (χ4n) is 4.00. The lowest BCUT2D eigenvalue weighted by Gasteiger charge is -2.12. The van der Waals surface area contributed by atoms with E-state index < -0.39 is 0 Å². The molecule has 4 heteroatoms. The zero-order valence-electron chi connectivity index (χ0n) is 20.2. The zero-order valence-corrected chi connectivity index (χ0v) is 20.2. The molecule has 4 rings (SSSR count). The fraction of sp³-hybridized carbons (Fsp3) is 0.345. The number of aryl methyl sites for hydroxylation is 3. The first-order valence-electron chi connectivity index (χ1n) is 11.9. The number of imidazole rings is 1. The minimum absolute atomic E-state index is 0.453. The van der Waals surface area contributed by atoms with Crippen molar-refractivity contribution >= 4 is 11.0 Å². The van der Waals surface area contributed by atoms with Gasteiger partial charge in [-0.15, -0.1) is 0 Å². The van der Waals surface area contributed by atoms with E-state index in [0.29, 0.717) is 19.1 Å². The van der Waals surface area contributed by atoms with Crippen LogP contribution in [0.4, 0.5) is 0 Å². The molecule has 4 aromatic rings. The molecule has 33 heavy (non-hydrogen) atoms. The Bertz CT molecular complexity index is 1190. The highest BCUT2D eigenvalue weighted by Gasteiger charge is 2.11. The molecule has 0 spiro atoms. The Kier molecular flexibility index (Phi) is 7.33. The number of fused-ring (bicyclic) bond motifs is 1. The van der Waals surface area contributed by atoms with E-state index in [9.17, 15) is 0 Å². The number of ether oxygens (including phenoxy) is 2. The van der Waals surface area contributed by atoms with Crippen molar-refractivity contribution in [2.45, 2.75) is 59.6 Å². The predicted molar refractivity (Wildman–Crippen MR) is 135 cm³/mol. The molecule has 0 aliphatic rings. The summed E-state index contributed by atoms with van der Waals surface area (Å²) >= 11 is 0. The Hall–Kier alpha value is -3.27. The molecular weight excluding hydrogens is 408 g/mol. The van der Waals surface area contributed by atoms with Gasteiger partial charge in [-0.2, -0.15) is 0 Å². The predicted octanol–water partition coefficient (Wildman–Crippen LogP) is 7.21. The van der Waals surface area contributed by atoms with Gasteiger partial charge in [0.15, 0.2) is 0 Å². The monoisotopic (exact) mass is 442 g/mol. The first kappa shape index (κ1) is 22.9. The second-order valence-corrected chi connectivity index (χ2v) is 9.01. The highest BCUT2D eigenvalue weighted by molar-refractivity contribution is 5.75. The van der Waals surface area contributed by atoms with Crippen LogP contribution in [0.15, 0.2) is 66.7 Å². The summed E-state index contributed by atoms with van der Waals surface area (Å²) in [5.74, 6) is 3.34. The number of para-hydroxylation sites is 2. The number of benzene rings is 3. The van der Waals surface area contributed by atoms with Crippen LogP contribution < -0.4 is 9.47 Å². The molecule has 0 amide bonds. The average Bonchev–Trinajstić information content (AvgIpc) is 3.17. The highest BCUT2D eigenvalue weighted by atomic mass is 16.5. The molecule has 4 nitrogen and oxygen atoms in total. The van der Waals surface area contributed by atoms with Gasteiger partial charge in [0.1, 0.15) is 23.9 Å². The first-order valence-corrected chi connectivity index (χ1v) is 11.9. The lowest BCUT2D eigenvalue weighted by atomic mass is 10.0. The van der Waals surface area contributed by atoms with Gasteiger partial charge in [0.25, 0.3) is 0 Å². The Morgan fingerprint density at radius 1 is 0.879 bits per heavy atom. The topological polar surface area (TPSA) is 36.3 Å². The molecule has 0 fully saturated rings. The van der Waals surface area contributed by atoms with E-state index >= 15 is 0 Å². The van der Waals surface area contributed by atoms with Crippen molar-refractivity contribution < 1.29 is 9.47 Å². The molecule has 0 bridgehead atoms. The van der Waals surface area contributed by atoms with E-state index in [1.165, 1.54) is 16.7 Å². The largest absolute Gasteiger partial charge is 0.493 e. The van der Waals surface area contributed by atoms with Crippen LogP contribution in [0, 0.1) is 13.8 Å². The van der Waals surface area contributed by atoms with Gasteiger partial charge in [-0.1, -0.05) is 50.2 Å². The van der Waals surface area contributed by atoms with Crippen molar-refractivity contribution in [2.24, 2.45) is 0 Å². The van der Waals surface area contributed by atoms with Crippen molar-refractivity contribution in [1.82, 2.24) is 9.55 Å². The SMILES string of the molecule is Cc1ccc(C)c(OCCCCn2c(COc3ccc(C(C)C)cc3)nc3ccccc32)c1. The maximum Gasteiger partial charge on any atom is 0.147 e. The van der Waals surface area contributed by atoms with Crippen molar-refractivity contribution in [3.8, 4) is 11.5 Å². The minimum atomic E-state index is 0.453. The third-order valence-electron chi connectivity index (χ3n) is 6.03. The second-order valence-electron chi connectivity index (χ2n) is 9.01. The highest BCUT2D eigenvalue weighted by Crippen LogP contribution is 2.22. The average molecular weight is 443 g/mol. The Labute approximate surface area is 197 Å². The van der Waals surface area contributed by atoms with Gasteiger partial charge in [0.2, 0.25) is 0 Å². The summed E-state index contributed by atoms with van der Waals surface area (Å²) in [7, 11) is 0. The van der Waals surface area contributed by atoms with Crippen LogP contribution in [0.2, 0.25) is 0 Å². The van der Waals surface area contributed by atoms with E-state index in [-0.39, 0.29) is 0 Å². The Morgan fingerprint density at radius 3 is 2.45 bits per heavy atom. The number of aromatic nitrogens is 2. The van der Waals surface area contributed by atoms with Crippen LogP contribution in [-0.4, -0.2) is 16.2 Å². The minimum Gasteiger partial charge on any atom is -0.493 e. The number of rotatable bonds is 10. The Balaban J connectivity index is 1.38. The summed E-state index contributed by atoms with van der Waals surface area (Å²) in [6.07, 6.45) is 2.00. The molecule has 0 atom stereocenters. The van der Waals surface area contributed by atoms with Crippen LogP contribution in [0.3, 0.4) is 0 Å². The van der Waals surface area contributed by atoms with Gasteiger partial charge in [-0.3, -0.25) is 0 Å². The summed E-state index contributed by atoms with van der Waals surface area (Å²) in [5, 5.41) is 0. The number of unbranched alkanes of at least 4 members (excludes halogenated alkanes) is 1. The molecule has 1 aromatic heterocycles. The van der Waals surface area contributed by atoms with Crippen LogP contribution >= 0.6 is 0 Å². The quantitative estimate of drug-likeness (QED) is 0.243. The smallest absolute Gasteiger partial charge is 0.147 e. The molecule has 0 N–H and O–H groups in total. The number of hydrogen-bond acceptors (Lipinski definition) is 3. The molecule has 172 valence electrons. The lowest BCUT2D eigenvalue weighted by Crippen LogP contribution is -2.09. The molecule has 0 aliphatic carbocycles. The van der Waals surface area contributed by atoms with Gasteiger partial charge in [0, 0.05) is 6.54 Å². The standard InChI is InChI=1S/C29H34N2O2/c1-21(2)24-13-15-25(16-14-24)33-20-29-30-26-9-5-6-10-27(26)31(29)17-7-8-18-32-28-19-22(3)11-12-23(28)4/h5-6,9-16,19,21H,7-8,17-18,20H2,1-4H3. The van der Waals surface area contributed by atoms with Crippen LogP contribution in [-0.2, 0) is 13.2 Å². The fourth-order valence-corrected chi connectivity index (χ4v) is 4.00. The summed E-state index contributed by atoms with van der Waals surface area (Å²) in [5.41, 5.74) is 5.89. The molecule has 0 saturated heterocycles. The summed E-state index contributed by atoms with van der Waals surface area (Å²) < 4.78 is 14.4. The third-order valence-corrected chi connectivity index (χ3v) is 6.03. The zero-order chi connectivity index (χ0) is 23.2. The third kappa shape index (κ3) is 5.75. The van der Waals surface area contributed by atoms with Gasteiger partial charge >= 0.3 is 0 Å². The summed E-state index contributed by atoms with van der Waals surface area (Å²) in [6.45, 7) is 10.6. The van der Waals surface area contributed by atoms with Gasteiger partial charge in [0.05, 0.1) is 17.6 Å². The summed E-state index contributed by atoms with van der Waals surface area (Å²) in [4.78, 5) is 4.85. The van der Waals surface area contributed by atoms with Crippen molar-refractivity contribution in [1.29, 1.82) is 0 Å². The Morgan fingerprint density at radius 2 is 1.67 bits per heavy atom.